The largest absolute Gasteiger partial charge is 0.361 e. The second-order valence-corrected chi connectivity index (χ2v) is 13.3. The molecule has 0 radical (unpaired) electrons. The van der Waals surface area contributed by atoms with Crippen molar-refractivity contribution < 1.29 is 24.2 Å². The van der Waals surface area contributed by atoms with Gasteiger partial charge in [0.1, 0.15) is 12.1 Å². The van der Waals surface area contributed by atoms with Gasteiger partial charge in [0, 0.05) is 42.1 Å². The number of amides is 3. The van der Waals surface area contributed by atoms with Crippen LogP contribution in [0.2, 0.25) is 0 Å². The molecule has 1 aromatic carbocycles. The van der Waals surface area contributed by atoms with Crippen LogP contribution in [-0.4, -0.2) is 92.4 Å². The molecule has 10 heteroatoms. The molecule has 3 N–H and O–H groups in total. The number of hydrogen-bond acceptors (Lipinski definition) is 6. The van der Waals surface area contributed by atoms with Crippen LogP contribution < -0.4 is 5.32 Å². The first-order valence-electron chi connectivity index (χ1n) is 15.4. The number of ether oxygens (including phenoxy) is 1. The number of H-pyrrole nitrogens is 1. The third-order valence-electron chi connectivity index (χ3n) is 10.6. The Kier molecular flexibility index (Phi) is 6.18. The summed E-state index contributed by atoms with van der Waals surface area (Å²) in [6.45, 7) is 8.50. The van der Waals surface area contributed by atoms with Gasteiger partial charge < -0.3 is 20.3 Å². The quantitative estimate of drug-likeness (QED) is 0.504. The van der Waals surface area contributed by atoms with Gasteiger partial charge in [-0.05, 0) is 55.0 Å². The van der Waals surface area contributed by atoms with Crippen LogP contribution in [0.15, 0.2) is 30.5 Å². The van der Waals surface area contributed by atoms with Crippen LogP contribution in [0.25, 0.3) is 16.5 Å². The number of benzene rings is 1. The summed E-state index contributed by atoms with van der Waals surface area (Å²) >= 11 is 0. The van der Waals surface area contributed by atoms with E-state index in [0.29, 0.717) is 25.9 Å². The van der Waals surface area contributed by atoms with Crippen LogP contribution in [0.5, 0.6) is 0 Å². The van der Waals surface area contributed by atoms with Crippen molar-refractivity contribution in [3.05, 3.63) is 41.6 Å². The molecule has 5 heterocycles. The van der Waals surface area contributed by atoms with Gasteiger partial charge in [0.15, 0.2) is 0 Å². The second kappa shape index (κ2) is 9.39. The Balaban J connectivity index is 1.25. The number of carbonyl (C=O) groups excluding carboxylic acids is 3. The minimum absolute atomic E-state index is 0.150. The summed E-state index contributed by atoms with van der Waals surface area (Å²) in [5.41, 5.74) is 2.79. The third kappa shape index (κ3) is 3.58. The fourth-order valence-corrected chi connectivity index (χ4v) is 8.11. The molecule has 10 nitrogen and oxygen atoms in total. The molecule has 2 aromatic rings. The summed E-state index contributed by atoms with van der Waals surface area (Å²) in [7, 11) is 2.03. The smallest absolute Gasteiger partial charge is 0.281 e. The number of rotatable bonds is 5. The van der Waals surface area contributed by atoms with E-state index in [4.69, 9.17) is 4.74 Å². The monoisotopic (exact) mass is 575 g/mol. The Morgan fingerprint density at radius 1 is 1.26 bits per heavy atom. The maximum absolute atomic E-state index is 14.4. The van der Waals surface area contributed by atoms with E-state index in [2.05, 4.69) is 33.5 Å². The summed E-state index contributed by atoms with van der Waals surface area (Å²) < 4.78 is 6.45. The molecule has 0 spiro atoms. The third-order valence-corrected chi connectivity index (χ3v) is 10.6. The molecule has 3 saturated heterocycles. The molecule has 1 aliphatic carbocycles. The average molecular weight is 576 g/mol. The Hall–Kier alpha value is -3.21. The number of hydrogen-bond donors (Lipinski definition) is 3. The number of nitrogens with one attached hydrogen (secondary N) is 2. The van der Waals surface area contributed by atoms with E-state index in [9.17, 15) is 19.5 Å². The van der Waals surface area contributed by atoms with Crippen molar-refractivity contribution in [1.82, 2.24) is 25.0 Å². The van der Waals surface area contributed by atoms with Crippen molar-refractivity contribution in [1.29, 1.82) is 0 Å². The second-order valence-electron chi connectivity index (χ2n) is 13.3. The lowest BCUT2D eigenvalue weighted by atomic mass is 9.79. The highest BCUT2D eigenvalue weighted by Gasteiger charge is 2.72. The molecule has 0 bridgehead atoms. The molecule has 3 fully saturated rings. The highest BCUT2D eigenvalue weighted by Crippen LogP contribution is 2.49. The van der Waals surface area contributed by atoms with Gasteiger partial charge >= 0.3 is 0 Å². The number of nitrogens with zero attached hydrogens (tertiary/aromatic N) is 3. The number of carbonyl (C=O) groups is 3. The summed E-state index contributed by atoms with van der Waals surface area (Å²) in [5.74, 6) is -4.28. The van der Waals surface area contributed by atoms with E-state index in [-0.39, 0.29) is 23.8 Å². The molecule has 0 saturated carbocycles. The number of aromatic amines is 1. The molecule has 42 heavy (non-hydrogen) atoms. The highest BCUT2D eigenvalue weighted by molar-refractivity contribution is 6.01. The Morgan fingerprint density at radius 3 is 2.79 bits per heavy atom. The van der Waals surface area contributed by atoms with Gasteiger partial charge in [0.05, 0.1) is 5.92 Å². The van der Waals surface area contributed by atoms with Crippen LogP contribution in [0.4, 0.5) is 0 Å². The van der Waals surface area contributed by atoms with Gasteiger partial charge in [-0.1, -0.05) is 52.3 Å². The number of fused-ring (bicyclic) bond motifs is 5. The van der Waals surface area contributed by atoms with E-state index in [1.807, 2.05) is 46.9 Å². The normalized spacial score (nSPS) is 34.9. The van der Waals surface area contributed by atoms with Crippen molar-refractivity contribution in [3.63, 3.8) is 0 Å². The summed E-state index contributed by atoms with van der Waals surface area (Å²) in [6.07, 6.45) is 6.87. The molecule has 7 rings (SSSR count). The van der Waals surface area contributed by atoms with Crippen molar-refractivity contribution in [2.45, 2.75) is 83.1 Å². The van der Waals surface area contributed by atoms with Crippen LogP contribution >= 0.6 is 0 Å². The summed E-state index contributed by atoms with van der Waals surface area (Å²) in [4.78, 5) is 50.8. The van der Waals surface area contributed by atoms with Gasteiger partial charge in [-0.3, -0.25) is 28.9 Å². The topological polar surface area (TPSA) is 118 Å². The minimum Gasteiger partial charge on any atom is -0.361 e. The van der Waals surface area contributed by atoms with Crippen molar-refractivity contribution in [2.24, 2.45) is 17.8 Å². The fourth-order valence-electron chi connectivity index (χ4n) is 8.11. The molecular weight excluding hydrogens is 534 g/mol. The molecule has 7 atom stereocenters. The SMILES string of the molecule is CCC(C)C1C(=O)N2CCCC2[C@]2(O)OC(NC(=O)C3C=C4c5cccc6[nH]cc(c56)CC4N(C)C3)(C(C)C)C(=O)N12. The van der Waals surface area contributed by atoms with Crippen LogP contribution in [0.1, 0.15) is 58.1 Å². The predicted molar refractivity (Wildman–Crippen MR) is 156 cm³/mol. The van der Waals surface area contributed by atoms with E-state index < -0.39 is 41.5 Å². The first-order valence-corrected chi connectivity index (χ1v) is 15.4. The lowest BCUT2D eigenvalue weighted by Gasteiger charge is -2.50. The van der Waals surface area contributed by atoms with Gasteiger partial charge in [0.2, 0.25) is 17.5 Å². The first-order chi connectivity index (χ1) is 20.0. The van der Waals surface area contributed by atoms with E-state index in [1.54, 1.807) is 4.90 Å². The minimum atomic E-state index is -2.01. The highest BCUT2D eigenvalue weighted by atomic mass is 16.7. The molecule has 6 unspecified atom stereocenters. The number of aliphatic hydroxyl groups is 1. The lowest BCUT2D eigenvalue weighted by molar-refractivity contribution is -0.324. The summed E-state index contributed by atoms with van der Waals surface area (Å²) in [5, 5.41) is 16.4. The zero-order valence-corrected chi connectivity index (χ0v) is 25.0. The maximum Gasteiger partial charge on any atom is 0.281 e. The molecule has 224 valence electrons. The van der Waals surface area contributed by atoms with Gasteiger partial charge in [-0.2, -0.15) is 0 Å². The van der Waals surface area contributed by atoms with Gasteiger partial charge in [-0.15, -0.1) is 0 Å². The van der Waals surface area contributed by atoms with E-state index in [0.717, 1.165) is 29.5 Å². The molecular formula is C32H41N5O5. The van der Waals surface area contributed by atoms with Crippen LogP contribution in [0, 0.1) is 17.8 Å². The zero-order chi connectivity index (χ0) is 29.7. The fraction of sp³-hybridized carbons (Fsp3) is 0.594. The van der Waals surface area contributed by atoms with Gasteiger partial charge in [-0.25, -0.2) is 0 Å². The molecule has 4 aliphatic heterocycles. The van der Waals surface area contributed by atoms with Crippen molar-refractivity contribution in [3.8, 4) is 0 Å². The summed E-state index contributed by atoms with van der Waals surface area (Å²) in [6, 6.07) is 4.82. The number of likely N-dealkylation sites (N-methyl/N-ethyl adjacent to an activating group) is 1. The Labute approximate surface area is 246 Å². The van der Waals surface area contributed by atoms with Crippen LogP contribution in [-0.2, 0) is 25.5 Å². The van der Waals surface area contributed by atoms with Gasteiger partial charge in [0.25, 0.3) is 11.8 Å². The molecule has 5 aliphatic rings. The molecule has 3 amide bonds. The van der Waals surface area contributed by atoms with Crippen molar-refractivity contribution >= 4 is 34.2 Å². The first kappa shape index (κ1) is 27.6. The predicted octanol–water partition coefficient (Wildman–Crippen LogP) is 2.43. The Morgan fingerprint density at radius 2 is 2.05 bits per heavy atom. The average Bonchev–Trinajstić information content (AvgIpc) is 3.68. The number of aromatic nitrogens is 1. The van der Waals surface area contributed by atoms with E-state index in [1.165, 1.54) is 15.8 Å². The zero-order valence-electron chi connectivity index (χ0n) is 25.0. The number of piperazine rings is 1. The maximum atomic E-state index is 14.4. The molecule has 1 aromatic heterocycles. The standard InChI is InChI=1S/C32H41N5O5/c1-6-18(4)27-29(39)36-12-8-11-25(36)32(41)37(27)30(40)31(42-32,17(2)3)34-28(38)20-13-22-21-9-7-10-23-26(21)19(15-33-23)14-24(22)35(5)16-20/h7,9-10,13,15,17-18,20,24-25,27,33,41H,6,8,11-12,14,16H2,1-5H3,(H,34,38)/t18?,20?,24?,25?,27?,31?,32-/m0/s1. The Bertz CT molecular complexity index is 1520. The lowest BCUT2D eigenvalue weighted by Crippen LogP contribution is -2.72. The van der Waals surface area contributed by atoms with Crippen LogP contribution in [0.3, 0.4) is 0 Å². The van der Waals surface area contributed by atoms with Crippen molar-refractivity contribution in [2.75, 3.05) is 20.1 Å². The van der Waals surface area contributed by atoms with E-state index >= 15 is 0 Å².